The molecule has 2 rings (SSSR count). The lowest BCUT2D eigenvalue weighted by atomic mass is 10.4. The quantitative estimate of drug-likeness (QED) is 0.519. The molecule has 2 aromatic heterocycles. The van der Waals surface area contributed by atoms with Gasteiger partial charge in [0, 0.05) is 12.5 Å². The Morgan fingerprint density at radius 1 is 1.58 bits per heavy atom. The molecule has 8 nitrogen and oxygen atoms in total. The zero-order valence-corrected chi connectivity index (χ0v) is 11.4. The highest BCUT2D eigenvalue weighted by atomic mass is 35.5. The van der Waals surface area contributed by atoms with E-state index in [4.69, 9.17) is 17.4 Å². The first kappa shape index (κ1) is 13.6. The van der Waals surface area contributed by atoms with Gasteiger partial charge >= 0.3 is 0 Å². The third kappa shape index (κ3) is 2.76. The van der Waals surface area contributed by atoms with Crippen LogP contribution in [0.2, 0.25) is 5.02 Å². The van der Waals surface area contributed by atoms with Gasteiger partial charge in [-0.1, -0.05) is 18.5 Å². The molecule has 0 atom stereocenters. The van der Waals surface area contributed by atoms with Gasteiger partial charge in [0.25, 0.3) is 5.69 Å². The van der Waals surface area contributed by atoms with Crippen molar-refractivity contribution in [3.63, 3.8) is 0 Å². The van der Waals surface area contributed by atoms with E-state index in [1.807, 2.05) is 6.92 Å². The Morgan fingerprint density at radius 3 is 2.84 bits per heavy atom. The molecule has 19 heavy (non-hydrogen) atoms. The lowest BCUT2D eigenvalue weighted by molar-refractivity contribution is -0.385. The number of nitro groups is 1. The number of aryl methyl sites for hydroxylation is 1. The van der Waals surface area contributed by atoms with Crippen molar-refractivity contribution >= 4 is 29.1 Å². The fourth-order valence-corrected chi connectivity index (χ4v) is 2.29. The standard InChI is InChI=1S/C9H9ClN6O2S/c1-2-7-13-14-9(15(7)11)19-8-6(10)3-5(4-12-8)16(17)18/h3-4H,2,11H2,1H3. The topological polar surface area (TPSA) is 113 Å². The van der Waals surface area contributed by atoms with Crippen LogP contribution in [0, 0.1) is 10.1 Å². The van der Waals surface area contributed by atoms with E-state index >= 15 is 0 Å². The Bertz CT molecular complexity index is 631. The van der Waals surface area contributed by atoms with Gasteiger partial charge in [0.2, 0.25) is 5.16 Å². The SMILES string of the molecule is CCc1nnc(Sc2ncc([N+](=O)[O-])cc2Cl)n1N. The summed E-state index contributed by atoms with van der Waals surface area (Å²) in [6.45, 7) is 1.90. The van der Waals surface area contributed by atoms with Gasteiger partial charge in [-0.25, -0.2) is 9.66 Å². The van der Waals surface area contributed by atoms with E-state index in [0.29, 0.717) is 22.4 Å². The van der Waals surface area contributed by atoms with Crippen molar-refractivity contribution in [1.29, 1.82) is 0 Å². The van der Waals surface area contributed by atoms with Gasteiger partial charge in [-0.2, -0.15) is 0 Å². The summed E-state index contributed by atoms with van der Waals surface area (Å²) in [6.07, 6.45) is 1.78. The Labute approximate surface area is 117 Å². The molecule has 0 bridgehead atoms. The fraction of sp³-hybridized carbons (Fsp3) is 0.222. The third-order valence-corrected chi connectivity index (χ3v) is 3.62. The molecule has 10 heteroatoms. The van der Waals surface area contributed by atoms with Crippen molar-refractivity contribution in [2.45, 2.75) is 23.5 Å². The zero-order chi connectivity index (χ0) is 14.0. The summed E-state index contributed by atoms with van der Waals surface area (Å²) in [5.41, 5.74) is -0.169. The summed E-state index contributed by atoms with van der Waals surface area (Å²) in [5.74, 6) is 6.41. The number of pyridine rings is 1. The Hall–Kier alpha value is -1.87. The molecular weight excluding hydrogens is 292 g/mol. The van der Waals surface area contributed by atoms with Gasteiger partial charge in [0.05, 0.1) is 9.95 Å². The van der Waals surface area contributed by atoms with Crippen LogP contribution in [-0.4, -0.2) is 24.8 Å². The molecule has 2 N–H and O–H groups in total. The van der Waals surface area contributed by atoms with Crippen LogP contribution in [0.5, 0.6) is 0 Å². The fourth-order valence-electron chi connectivity index (χ4n) is 1.29. The molecule has 0 saturated heterocycles. The predicted molar refractivity (Wildman–Crippen MR) is 69.6 cm³/mol. The Balaban J connectivity index is 2.28. The van der Waals surface area contributed by atoms with Crippen LogP contribution in [0.15, 0.2) is 22.4 Å². The van der Waals surface area contributed by atoms with Crippen LogP contribution >= 0.6 is 23.4 Å². The minimum atomic E-state index is -0.562. The van der Waals surface area contributed by atoms with E-state index in [0.717, 1.165) is 18.0 Å². The highest BCUT2D eigenvalue weighted by Crippen LogP contribution is 2.31. The van der Waals surface area contributed by atoms with Gasteiger partial charge in [-0.3, -0.25) is 10.1 Å². The van der Waals surface area contributed by atoms with E-state index in [9.17, 15) is 10.1 Å². The number of hydrogen-bond donors (Lipinski definition) is 1. The molecule has 0 aliphatic rings. The maximum absolute atomic E-state index is 10.6. The van der Waals surface area contributed by atoms with Crippen LogP contribution in [0.4, 0.5) is 5.69 Å². The monoisotopic (exact) mass is 300 g/mol. The van der Waals surface area contributed by atoms with E-state index in [1.165, 1.54) is 10.7 Å². The van der Waals surface area contributed by atoms with Crippen LogP contribution < -0.4 is 5.84 Å². The molecule has 0 aliphatic carbocycles. The van der Waals surface area contributed by atoms with Crippen molar-refractivity contribution in [2.75, 3.05) is 5.84 Å². The first-order valence-electron chi connectivity index (χ1n) is 5.20. The molecule has 0 saturated carbocycles. The van der Waals surface area contributed by atoms with Crippen molar-refractivity contribution in [2.24, 2.45) is 0 Å². The van der Waals surface area contributed by atoms with Crippen molar-refractivity contribution in [3.8, 4) is 0 Å². The number of nitrogens with two attached hydrogens (primary N) is 1. The number of halogens is 1. The first-order valence-corrected chi connectivity index (χ1v) is 6.39. The van der Waals surface area contributed by atoms with Gasteiger partial charge in [-0.05, 0) is 11.8 Å². The van der Waals surface area contributed by atoms with Crippen LogP contribution in [-0.2, 0) is 6.42 Å². The van der Waals surface area contributed by atoms with Crippen molar-refractivity contribution in [1.82, 2.24) is 19.9 Å². The molecule has 100 valence electrons. The summed E-state index contributed by atoms with van der Waals surface area (Å²) >= 11 is 7.03. The molecule has 0 spiro atoms. The lowest BCUT2D eigenvalue weighted by Gasteiger charge is -2.03. The summed E-state index contributed by atoms with van der Waals surface area (Å²) in [5, 5.41) is 19.3. The second-order valence-electron chi connectivity index (χ2n) is 3.46. The number of aromatic nitrogens is 4. The minimum Gasteiger partial charge on any atom is -0.336 e. The first-order chi connectivity index (χ1) is 9.02. The van der Waals surface area contributed by atoms with E-state index in [1.54, 1.807) is 0 Å². The number of hydrogen-bond acceptors (Lipinski definition) is 7. The number of rotatable bonds is 4. The number of nitrogen functional groups attached to an aromatic ring is 1. The lowest BCUT2D eigenvalue weighted by Crippen LogP contribution is -2.13. The average molecular weight is 301 g/mol. The van der Waals surface area contributed by atoms with E-state index in [2.05, 4.69) is 15.2 Å². The third-order valence-electron chi connectivity index (χ3n) is 2.24. The van der Waals surface area contributed by atoms with Crippen LogP contribution in [0.1, 0.15) is 12.7 Å². The summed E-state index contributed by atoms with van der Waals surface area (Å²) in [7, 11) is 0. The molecule has 2 aromatic rings. The second kappa shape index (κ2) is 5.41. The molecule has 0 aliphatic heterocycles. The second-order valence-corrected chi connectivity index (χ2v) is 4.83. The van der Waals surface area contributed by atoms with Crippen LogP contribution in [0.25, 0.3) is 0 Å². The van der Waals surface area contributed by atoms with Crippen LogP contribution in [0.3, 0.4) is 0 Å². The molecule has 0 unspecified atom stereocenters. The maximum atomic E-state index is 10.6. The van der Waals surface area contributed by atoms with E-state index in [-0.39, 0.29) is 10.7 Å². The highest BCUT2D eigenvalue weighted by molar-refractivity contribution is 7.99. The minimum absolute atomic E-state index is 0.167. The maximum Gasteiger partial charge on any atom is 0.289 e. The molecule has 2 heterocycles. The summed E-state index contributed by atoms with van der Waals surface area (Å²) in [6, 6.07) is 1.23. The Morgan fingerprint density at radius 2 is 2.32 bits per heavy atom. The molecule has 0 aromatic carbocycles. The molecule has 0 fully saturated rings. The number of nitrogens with zero attached hydrogens (tertiary/aromatic N) is 5. The average Bonchev–Trinajstić information content (AvgIpc) is 2.72. The predicted octanol–water partition coefficient (Wildman–Crippen LogP) is 1.66. The normalized spacial score (nSPS) is 10.6. The highest BCUT2D eigenvalue weighted by Gasteiger charge is 2.15. The van der Waals surface area contributed by atoms with Gasteiger partial charge in [0.1, 0.15) is 11.2 Å². The summed E-state index contributed by atoms with van der Waals surface area (Å²) in [4.78, 5) is 13.9. The molecule has 0 amide bonds. The van der Waals surface area contributed by atoms with Gasteiger partial charge < -0.3 is 5.84 Å². The molecular formula is C9H9ClN6O2S. The van der Waals surface area contributed by atoms with Crippen molar-refractivity contribution in [3.05, 3.63) is 33.2 Å². The van der Waals surface area contributed by atoms with Crippen molar-refractivity contribution < 1.29 is 4.92 Å². The van der Waals surface area contributed by atoms with Gasteiger partial charge in [-0.15, -0.1) is 10.2 Å². The van der Waals surface area contributed by atoms with E-state index < -0.39 is 4.92 Å². The smallest absolute Gasteiger partial charge is 0.289 e. The van der Waals surface area contributed by atoms with Gasteiger partial charge in [0.15, 0.2) is 5.82 Å². The zero-order valence-electron chi connectivity index (χ0n) is 9.78. The molecule has 0 radical (unpaired) electrons. The Kier molecular flexibility index (Phi) is 3.86. The largest absolute Gasteiger partial charge is 0.336 e. The summed E-state index contributed by atoms with van der Waals surface area (Å²) < 4.78 is 1.34.